The van der Waals surface area contributed by atoms with Crippen molar-refractivity contribution in [2.45, 2.75) is 19.8 Å². The van der Waals surface area contributed by atoms with Gasteiger partial charge in [-0.05, 0) is 28.1 Å². The quantitative estimate of drug-likeness (QED) is 0.518. The first-order valence-electron chi connectivity index (χ1n) is 5.73. The predicted molar refractivity (Wildman–Crippen MR) is 78.0 cm³/mol. The molecule has 106 valence electrons. The Morgan fingerprint density at radius 1 is 1.10 bits per heavy atom. The zero-order valence-electron chi connectivity index (χ0n) is 10.6. The third-order valence-corrected chi connectivity index (χ3v) is 3.24. The zero-order chi connectivity index (χ0) is 14.9. The maximum Gasteiger partial charge on any atom is 0.223 e. The molecule has 1 aromatic heterocycles. The van der Waals surface area contributed by atoms with E-state index in [1.54, 1.807) is 0 Å². The SMILES string of the molecule is CC(C)c1nc(Br)cc(Oc2cc(Br)cc(F)c2F)n1. The van der Waals surface area contributed by atoms with E-state index in [1.807, 2.05) is 13.8 Å². The van der Waals surface area contributed by atoms with Crippen LogP contribution >= 0.6 is 31.9 Å². The van der Waals surface area contributed by atoms with E-state index in [1.165, 1.54) is 12.1 Å². The molecular weight excluding hydrogens is 398 g/mol. The van der Waals surface area contributed by atoms with Gasteiger partial charge in [-0.1, -0.05) is 29.8 Å². The molecule has 7 heteroatoms. The number of nitrogens with zero attached hydrogens (tertiary/aromatic N) is 2. The molecule has 0 N–H and O–H groups in total. The van der Waals surface area contributed by atoms with Gasteiger partial charge in [-0.25, -0.2) is 9.37 Å². The Kier molecular flexibility index (Phi) is 4.70. The summed E-state index contributed by atoms with van der Waals surface area (Å²) in [5.41, 5.74) is 0. The van der Waals surface area contributed by atoms with Gasteiger partial charge in [0, 0.05) is 16.5 Å². The maximum absolute atomic E-state index is 13.7. The molecule has 2 aromatic rings. The van der Waals surface area contributed by atoms with Crippen molar-refractivity contribution in [3.05, 3.63) is 44.7 Å². The average Bonchev–Trinajstić information content (AvgIpc) is 2.34. The van der Waals surface area contributed by atoms with E-state index in [-0.39, 0.29) is 17.5 Å². The summed E-state index contributed by atoms with van der Waals surface area (Å²) in [5.74, 6) is -1.52. The van der Waals surface area contributed by atoms with Gasteiger partial charge in [0.1, 0.15) is 10.4 Å². The smallest absolute Gasteiger partial charge is 0.223 e. The van der Waals surface area contributed by atoms with E-state index in [4.69, 9.17) is 4.74 Å². The summed E-state index contributed by atoms with van der Waals surface area (Å²) >= 11 is 6.32. The maximum atomic E-state index is 13.7. The van der Waals surface area contributed by atoms with Gasteiger partial charge in [-0.2, -0.15) is 9.37 Å². The van der Waals surface area contributed by atoms with E-state index in [0.717, 1.165) is 6.07 Å². The molecule has 0 aliphatic heterocycles. The standard InChI is InChI=1S/C13H10Br2F2N2O/c1-6(2)13-18-10(15)5-11(19-13)20-9-4-7(14)3-8(16)12(9)17/h3-6H,1-2H3. The van der Waals surface area contributed by atoms with Crippen molar-refractivity contribution in [2.75, 3.05) is 0 Å². The van der Waals surface area contributed by atoms with Gasteiger partial charge in [0.05, 0.1) is 0 Å². The minimum atomic E-state index is -1.06. The van der Waals surface area contributed by atoms with Crippen molar-refractivity contribution in [3.8, 4) is 11.6 Å². The highest BCUT2D eigenvalue weighted by Crippen LogP contribution is 2.30. The highest BCUT2D eigenvalue weighted by Gasteiger charge is 2.14. The predicted octanol–water partition coefficient (Wildman–Crippen LogP) is 5.20. The summed E-state index contributed by atoms with van der Waals surface area (Å²) in [6.45, 7) is 3.84. The van der Waals surface area contributed by atoms with Crippen molar-refractivity contribution in [1.82, 2.24) is 9.97 Å². The third-order valence-electron chi connectivity index (χ3n) is 2.38. The minimum absolute atomic E-state index is 0.0824. The topological polar surface area (TPSA) is 35.0 Å². The van der Waals surface area contributed by atoms with Crippen LogP contribution < -0.4 is 4.74 Å². The summed E-state index contributed by atoms with van der Waals surface area (Å²) in [5, 5.41) is 0. The molecule has 0 radical (unpaired) electrons. The van der Waals surface area contributed by atoms with Crippen LogP contribution in [0.2, 0.25) is 0 Å². The number of hydrogen-bond donors (Lipinski definition) is 0. The lowest BCUT2D eigenvalue weighted by Crippen LogP contribution is -2.01. The number of halogens is 4. The van der Waals surface area contributed by atoms with Crippen molar-refractivity contribution >= 4 is 31.9 Å². The Hall–Kier alpha value is -1.08. The zero-order valence-corrected chi connectivity index (χ0v) is 13.8. The fourth-order valence-electron chi connectivity index (χ4n) is 1.44. The van der Waals surface area contributed by atoms with Crippen LogP contribution in [-0.4, -0.2) is 9.97 Å². The highest BCUT2D eigenvalue weighted by molar-refractivity contribution is 9.10. The molecule has 1 heterocycles. The largest absolute Gasteiger partial charge is 0.436 e. The van der Waals surface area contributed by atoms with Gasteiger partial charge in [0.15, 0.2) is 11.6 Å². The molecule has 0 saturated heterocycles. The summed E-state index contributed by atoms with van der Waals surface area (Å²) in [6.07, 6.45) is 0. The number of ether oxygens (including phenoxy) is 1. The van der Waals surface area contributed by atoms with Crippen LogP contribution in [-0.2, 0) is 0 Å². The van der Waals surface area contributed by atoms with Gasteiger partial charge in [-0.3, -0.25) is 0 Å². The number of rotatable bonds is 3. The van der Waals surface area contributed by atoms with E-state index < -0.39 is 11.6 Å². The number of hydrogen-bond acceptors (Lipinski definition) is 3. The molecule has 20 heavy (non-hydrogen) atoms. The number of aromatic nitrogens is 2. The van der Waals surface area contributed by atoms with Crippen LogP contribution in [0.3, 0.4) is 0 Å². The molecule has 0 fully saturated rings. The Morgan fingerprint density at radius 3 is 2.45 bits per heavy atom. The van der Waals surface area contributed by atoms with E-state index in [2.05, 4.69) is 41.8 Å². The van der Waals surface area contributed by atoms with Crippen molar-refractivity contribution in [2.24, 2.45) is 0 Å². The molecule has 0 bridgehead atoms. The van der Waals surface area contributed by atoms with Gasteiger partial charge >= 0.3 is 0 Å². The Bertz CT molecular complexity index is 651. The molecule has 0 unspecified atom stereocenters. The van der Waals surface area contributed by atoms with Crippen LogP contribution in [0.1, 0.15) is 25.6 Å². The molecule has 0 atom stereocenters. The average molecular weight is 408 g/mol. The summed E-state index contributed by atoms with van der Waals surface area (Å²) < 4.78 is 33.2. The van der Waals surface area contributed by atoms with Crippen LogP contribution in [0.15, 0.2) is 27.3 Å². The monoisotopic (exact) mass is 406 g/mol. The lowest BCUT2D eigenvalue weighted by molar-refractivity contribution is 0.401. The van der Waals surface area contributed by atoms with Gasteiger partial charge in [0.25, 0.3) is 0 Å². The molecule has 0 saturated carbocycles. The molecular formula is C13H10Br2F2N2O. The lowest BCUT2D eigenvalue weighted by atomic mass is 10.2. The van der Waals surface area contributed by atoms with E-state index >= 15 is 0 Å². The first-order chi connectivity index (χ1) is 9.36. The van der Waals surface area contributed by atoms with Gasteiger partial charge in [-0.15, -0.1) is 0 Å². The Morgan fingerprint density at radius 2 is 1.80 bits per heavy atom. The first kappa shape index (κ1) is 15.3. The van der Waals surface area contributed by atoms with Crippen LogP contribution in [0.25, 0.3) is 0 Å². The fourth-order valence-corrected chi connectivity index (χ4v) is 2.23. The number of benzene rings is 1. The normalized spacial score (nSPS) is 10.9. The molecule has 3 nitrogen and oxygen atoms in total. The van der Waals surface area contributed by atoms with Crippen molar-refractivity contribution < 1.29 is 13.5 Å². The van der Waals surface area contributed by atoms with Crippen LogP contribution in [0.4, 0.5) is 8.78 Å². The summed E-state index contributed by atoms with van der Waals surface area (Å²) in [4.78, 5) is 8.34. The van der Waals surface area contributed by atoms with Gasteiger partial charge in [0.2, 0.25) is 11.7 Å². The van der Waals surface area contributed by atoms with E-state index in [9.17, 15) is 8.78 Å². The van der Waals surface area contributed by atoms with Crippen LogP contribution in [0, 0.1) is 11.6 Å². The van der Waals surface area contributed by atoms with Crippen LogP contribution in [0.5, 0.6) is 11.6 Å². The fraction of sp³-hybridized carbons (Fsp3) is 0.231. The highest BCUT2D eigenvalue weighted by atomic mass is 79.9. The second-order valence-electron chi connectivity index (χ2n) is 4.34. The Balaban J connectivity index is 2.40. The van der Waals surface area contributed by atoms with E-state index in [0.29, 0.717) is 14.9 Å². The molecule has 0 amide bonds. The molecule has 1 aromatic carbocycles. The molecule has 0 spiro atoms. The molecule has 2 rings (SSSR count). The minimum Gasteiger partial charge on any atom is -0.436 e. The second kappa shape index (κ2) is 6.13. The van der Waals surface area contributed by atoms with Gasteiger partial charge < -0.3 is 4.74 Å². The van der Waals surface area contributed by atoms with Crippen molar-refractivity contribution in [3.63, 3.8) is 0 Å². The Labute approximate surface area is 131 Å². The molecule has 0 aliphatic carbocycles. The van der Waals surface area contributed by atoms with Crippen molar-refractivity contribution in [1.29, 1.82) is 0 Å². The summed E-state index contributed by atoms with van der Waals surface area (Å²) in [7, 11) is 0. The molecule has 0 aliphatic rings. The third kappa shape index (κ3) is 3.52. The summed E-state index contributed by atoms with van der Waals surface area (Å²) in [6, 6.07) is 3.85. The second-order valence-corrected chi connectivity index (χ2v) is 6.07. The first-order valence-corrected chi connectivity index (χ1v) is 7.32. The lowest BCUT2D eigenvalue weighted by Gasteiger charge is -2.10.